The summed E-state index contributed by atoms with van der Waals surface area (Å²) in [4.78, 5) is 26.6. The third kappa shape index (κ3) is 3.28. The van der Waals surface area contributed by atoms with Gasteiger partial charge in [-0.05, 0) is 25.7 Å². The Labute approximate surface area is 116 Å². The summed E-state index contributed by atoms with van der Waals surface area (Å²) in [5.41, 5.74) is 0. The van der Waals surface area contributed by atoms with E-state index in [4.69, 9.17) is 0 Å². The predicted octanol–water partition coefficient (Wildman–Crippen LogP) is 2.33. The van der Waals surface area contributed by atoms with E-state index in [0.717, 1.165) is 19.3 Å². The highest BCUT2D eigenvalue weighted by atomic mass is 16.2. The van der Waals surface area contributed by atoms with E-state index in [1.807, 2.05) is 18.7 Å². The zero-order valence-electron chi connectivity index (χ0n) is 12.9. The minimum atomic E-state index is -0.327. The number of carbonyl (C=O) groups excluding carboxylic acids is 2. The topological polar surface area (TPSA) is 49.4 Å². The Morgan fingerprint density at radius 3 is 2.32 bits per heavy atom. The molecule has 1 fully saturated rings. The van der Waals surface area contributed by atoms with E-state index in [9.17, 15) is 9.59 Å². The molecular weight excluding hydrogens is 240 g/mol. The maximum Gasteiger partial charge on any atom is 0.246 e. The van der Waals surface area contributed by atoms with E-state index in [1.165, 1.54) is 0 Å². The van der Waals surface area contributed by atoms with Gasteiger partial charge in [0.1, 0.15) is 12.1 Å². The third-order valence-corrected chi connectivity index (χ3v) is 4.38. The van der Waals surface area contributed by atoms with Crippen molar-refractivity contribution >= 4 is 11.8 Å². The van der Waals surface area contributed by atoms with Crippen molar-refractivity contribution in [3.05, 3.63) is 0 Å². The van der Waals surface area contributed by atoms with E-state index in [1.54, 1.807) is 0 Å². The lowest BCUT2D eigenvalue weighted by molar-refractivity contribution is -0.153. The molecule has 1 aliphatic rings. The van der Waals surface area contributed by atoms with Crippen molar-refractivity contribution in [2.45, 2.75) is 78.4 Å². The average Bonchev–Trinajstić information content (AvgIpc) is 2.40. The maximum atomic E-state index is 12.6. The first-order valence-electron chi connectivity index (χ1n) is 7.60. The molecule has 0 spiro atoms. The number of rotatable bonds is 6. The van der Waals surface area contributed by atoms with Crippen molar-refractivity contribution < 1.29 is 9.59 Å². The van der Waals surface area contributed by atoms with Crippen LogP contribution in [0.1, 0.15) is 60.3 Å². The van der Waals surface area contributed by atoms with E-state index in [-0.39, 0.29) is 29.9 Å². The van der Waals surface area contributed by atoms with E-state index >= 15 is 0 Å². The number of piperazine rings is 1. The maximum absolute atomic E-state index is 12.6. The Kier molecular flexibility index (Phi) is 5.83. The van der Waals surface area contributed by atoms with Gasteiger partial charge in [-0.1, -0.05) is 40.5 Å². The third-order valence-electron chi connectivity index (χ3n) is 4.38. The van der Waals surface area contributed by atoms with Crippen molar-refractivity contribution in [2.75, 3.05) is 0 Å². The molecule has 4 atom stereocenters. The molecule has 0 aromatic heterocycles. The van der Waals surface area contributed by atoms with E-state index in [0.29, 0.717) is 12.3 Å². The Hall–Kier alpha value is -1.06. The first-order chi connectivity index (χ1) is 8.97. The van der Waals surface area contributed by atoms with Gasteiger partial charge in [0.2, 0.25) is 11.8 Å². The largest absolute Gasteiger partial charge is 0.343 e. The lowest BCUT2D eigenvalue weighted by Crippen LogP contribution is -2.65. The zero-order chi connectivity index (χ0) is 14.6. The van der Waals surface area contributed by atoms with Gasteiger partial charge >= 0.3 is 0 Å². The molecule has 1 heterocycles. The second kappa shape index (κ2) is 6.92. The highest BCUT2D eigenvalue weighted by Gasteiger charge is 2.42. The standard InChI is InChI=1S/C15H28N2O2/c1-6-9-12-15(19)17(11(5)10(4)7-2)13(8-3)14(18)16-12/h10-13H,6-9H2,1-5H3,(H,16,18). The first-order valence-corrected chi connectivity index (χ1v) is 7.60. The number of nitrogens with zero attached hydrogens (tertiary/aromatic N) is 1. The van der Waals surface area contributed by atoms with Crippen LogP contribution in [0.5, 0.6) is 0 Å². The smallest absolute Gasteiger partial charge is 0.246 e. The van der Waals surface area contributed by atoms with Crippen LogP contribution in [-0.4, -0.2) is 34.8 Å². The fourth-order valence-corrected chi connectivity index (χ4v) is 2.76. The molecule has 0 bridgehead atoms. The lowest BCUT2D eigenvalue weighted by Gasteiger charge is -2.44. The molecule has 2 amide bonds. The van der Waals surface area contributed by atoms with Crippen LogP contribution in [0.4, 0.5) is 0 Å². The molecular formula is C15H28N2O2. The monoisotopic (exact) mass is 268 g/mol. The van der Waals surface area contributed by atoms with Crippen LogP contribution in [0, 0.1) is 5.92 Å². The summed E-state index contributed by atoms with van der Waals surface area (Å²) < 4.78 is 0. The van der Waals surface area contributed by atoms with Gasteiger partial charge in [-0.15, -0.1) is 0 Å². The Morgan fingerprint density at radius 2 is 1.84 bits per heavy atom. The molecule has 1 rings (SSSR count). The quantitative estimate of drug-likeness (QED) is 0.803. The number of hydrogen-bond donors (Lipinski definition) is 1. The molecule has 19 heavy (non-hydrogen) atoms. The van der Waals surface area contributed by atoms with Crippen molar-refractivity contribution in [3.8, 4) is 0 Å². The summed E-state index contributed by atoms with van der Waals surface area (Å²) >= 11 is 0. The molecule has 4 nitrogen and oxygen atoms in total. The number of hydrogen-bond acceptors (Lipinski definition) is 2. The minimum Gasteiger partial charge on any atom is -0.343 e. The van der Waals surface area contributed by atoms with Crippen molar-refractivity contribution in [1.29, 1.82) is 0 Å². The second-order valence-electron chi connectivity index (χ2n) is 5.65. The van der Waals surface area contributed by atoms with Crippen LogP contribution in [0.2, 0.25) is 0 Å². The molecule has 4 unspecified atom stereocenters. The summed E-state index contributed by atoms with van der Waals surface area (Å²) in [7, 11) is 0. The van der Waals surface area contributed by atoms with Crippen LogP contribution in [0.3, 0.4) is 0 Å². The van der Waals surface area contributed by atoms with Crippen LogP contribution >= 0.6 is 0 Å². The number of amides is 2. The van der Waals surface area contributed by atoms with Gasteiger partial charge in [-0.2, -0.15) is 0 Å². The second-order valence-corrected chi connectivity index (χ2v) is 5.65. The SMILES string of the molecule is CCCC1NC(=O)C(CC)N(C(C)C(C)CC)C1=O. The van der Waals surface area contributed by atoms with E-state index < -0.39 is 0 Å². The molecule has 0 aliphatic carbocycles. The van der Waals surface area contributed by atoms with Gasteiger partial charge < -0.3 is 10.2 Å². The molecule has 1 aliphatic heterocycles. The summed E-state index contributed by atoms with van der Waals surface area (Å²) in [6.45, 7) is 10.3. The van der Waals surface area contributed by atoms with Crippen LogP contribution < -0.4 is 5.32 Å². The Balaban J connectivity index is 2.98. The van der Waals surface area contributed by atoms with Crippen LogP contribution in [0.15, 0.2) is 0 Å². The van der Waals surface area contributed by atoms with Crippen LogP contribution in [0.25, 0.3) is 0 Å². The fraction of sp³-hybridized carbons (Fsp3) is 0.867. The van der Waals surface area contributed by atoms with Crippen molar-refractivity contribution in [3.63, 3.8) is 0 Å². The zero-order valence-corrected chi connectivity index (χ0v) is 12.9. The molecule has 4 heteroatoms. The predicted molar refractivity (Wildman–Crippen MR) is 76.7 cm³/mol. The lowest BCUT2D eigenvalue weighted by atomic mass is 9.93. The molecule has 0 aromatic carbocycles. The highest BCUT2D eigenvalue weighted by molar-refractivity contribution is 5.97. The molecule has 1 saturated heterocycles. The normalized spacial score (nSPS) is 27.1. The van der Waals surface area contributed by atoms with Gasteiger partial charge in [0.05, 0.1) is 0 Å². The fourth-order valence-electron chi connectivity index (χ4n) is 2.76. The summed E-state index contributed by atoms with van der Waals surface area (Å²) in [6.07, 6.45) is 3.32. The van der Waals surface area contributed by atoms with Crippen LogP contribution in [-0.2, 0) is 9.59 Å². The Morgan fingerprint density at radius 1 is 1.21 bits per heavy atom. The van der Waals surface area contributed by atoms with Gasteiger partial charge in [-0.3, -0.25) is 9.59 Å². The summed E-state index contributed by atoms with van der Waals surface area (Å²) in [6, 6.07) is -0.510. The molecule has 0 aromatic rings. The van der Waals surface area contributed by atoms with Crippen molar-refractivity contribution in [1.82, 2.24) is 10.2 Å². The highest BCUT2D eigenvalue weighted by Crippen LogP contribution is 2.23. The number of nitrogens with one attached hydrogen (secondary N) is 1. The molecule has 1 N–H and O–H groups in total. The number of carbonyl (C=O) groups is 2. The minimum absolute atomic E-state index is 0.00991. The van der Waals surface area contributed by atoms with Gasteiger partial charge in [0.25, 0.3) is 0 Å². The van der Waals surface area contributed by atoms with E-state index in [2.05, 4.69) is 26.1 Å². The molecule has 110 valence electrons. The van der Waals surface area contributed by atoms with Gasteiger partial charge in [0.15, 0.2) is 0 Å². The molecule has 0 radical (unpaired) electrons. The van der Waals surface area contributed by atoms with Crippen molar-refractivity contribution in [2.24, 2.45) is 5.92 Å². The Bertz CT molecular complexity index is 330. The average molecular weight is 268 g/mol. The summed E-state index contributed by atoms with van der Waals surface area (Å²) in [5.74, 6) is 0.517. The van der Waals surface area contributed by atoms with Gasteiger partial charge in [-0.25, -0.2) is 0 Å². The first kappa shape index (κ1) is 16.0. The summed E-state index contributed by atoms with van der Waals surface area (Å²) in [5, 5.41) is 2.88. The van der Waals surface area contributed by atoms with Gasteiger partial charge in [0, 0.05) is 6.04 Å². The molecule has 0 saturated carbocycles.